The zero-order valence-corrected chi connectivity index (χ0v) is 20.5. The molecule has 5 nitrogen and oxygen atoms in total. The van der Waals surface area contributed by atoms with Crippen LogP contribution in [0, 0.1) is 18.8 Å². The van der Waals surface area contributed by atoms with Crippen LogP contribution in [0.4, 0.5) is 0 Å². The highest BCUT2D eigenvalue weighted by Gasteiger charge is 2.19. The average molecular weight is 452 g/mol. The molecule has 0 aliphatic rings. The summed E-state index contributed by atoms with van der Waals surface area (Å²) in [5.74, 6) is 1.15. The number of carbonyl (C=O) groups is 1. The van der Waals surface area contributed by atoms with Gasteiger partial charge < -0.3 is 4.90 Å². The lowest BCUT2D eigenvalue weighted by Crippen LogP contribution is -2.38. The minimum atomic E-state index is -0.0765. The van der Waals surface area contributed by atoms with E-state index >= 15 is 0 Å². The molecule has 0 aliphatic heterocycles. The van der Waals surface area contributed by atoms with Gasteiger partial charge in [0.25, 0.3) is 5.56 Å². The van der Waals surface area contributed by atoms with Crippen molar-refractivity contribution in [3.63, 3.8) is 0 Å². The Hall–Kier alpha value is -2.60. The SMILES string of the molecule is Cc1ccc(Cn2c(SCC(=O)N(CC(C)C)CC(C)C)nc3ccccc3c2=O)cc1. The highest BCUT2D eigenvalue weighted by Crippen LogP contribution is 2.20. The number of benzene rings is 2. The smallest absolute Gasteiger partial charge is 0.262 e. The number of hydrogen-bond donors (Lipinski definition) is 0. The average Bonchev–Trinajstić information content (AvgIpc) is 2.74. The van der Waals surface area contributed by atoms with Gasteiger partial charge in [-0.05, 0) is 36.5 Å². The second kappa shape index (κ2) is 10.8. The fraction of sp³-hybridized carbons (Fsp3) is 0.423. The second-order valence-corrected chi connectivity index (χ2v) is 10.1. The Morgan fingerprint density at radius 1 is 1.00 bits per heavy atom. The maximum Gasteiger partial charge on any atom is 0.262 e. The normalized spacial score (nSPS) is 11.5. The molecular weight excluding hydrogens is 418 g/mol. The molecule has 0 saturated heterocycles. The number of fused-ring (bicyclic) bond motifs is 1. The third-order valence-corrected chi connectivity index (χ3v) is 6.10. The van der Waals surface area contributed by atoms with Gasteiger partial charge in [0.1, 0.15) is 0 Å². The first kappa shape index (κ1) is 24.1. The van der Waals surface area contributed by atoms with Gasteiger partial charge in [0.05, 0.1) is 23.2 Å². The molecule has 0 bridgehead atoms. The molecule has 0 saturated carbocycles. The van der Waals surface area contributed by atoms with Crippen molar-refractivity contribution < 1.29 is 4.79 Å². The summed E-state index contributed by atoms with van der Waals surface area (Å²) >= 11 is 1.35. The molecule has 1 amide bonds. The van der Waals surface area contributed by atoms with Gasteiger partial charge in [-0.2, -0.15) is 0 Å². The predicted octanol–water partition coefficient (Wildman–Crippen LogP) is 4.99. The lowest BCUT2D eigenvalue weighted by atomic mass is 10.1. The summed E-state index contributed by atoms with van der Waals surface area (Å²) < 4.78 is 1.69. The van der Waals surface area contributed by atoms with E-state index in [0.29, 0.717) is 34.4 Å². The minimum Gasteiger partial charge on any atom is -0.341 e. The third-order valence-electron chi connectivity index (χ3n) is 5.14. The van der Waals surface area contributed by atoms with Crippen molar-refractivity contribution in [1.82, 2.24) is 14.5 Å². The molecule has 0 fully saturated rings. The lowest BCUT2D eigenvalue weighted by molar-refractivity contribution is -0.129. The van der Waals surface area contributed by atoms with Gasteiger partial charge in [-0.15, -0.1) is 0 Å². The predicted molar refractivity (Wildman–Crippen MR) is 133 cm³/mol. The molecule has 0 N–H and O–H groups in total. The number of nitrogens with zero attached hydrogens (tertiary/aromatic N) is 3. The van der Waals surface area contributed by atoms with E-state index in [9.17, 15) is 9.59 Å². The molecule has 170 valence electrons. The van der Waals surface area contributed by atoms with Crippen molar-refractivity contribution in [2.75, 3.05) is 18.8 Å². The number of rotatable bonds is 9. The van der Waals surface area contributed by atoms with Gasteiger partial charge in [-0.25, -0.2) is 4.98 Å². The molecule has 0 unspecified atom stereocenters. The zero-order valence-electron chi connectivity index (χ0n) is 19.7. The van der Waals surface area contributed by atoms with Crippen molar-refractivity contribution in [3.05, 3.63) is 70.0 Å². The molecule has 1 aromatic heterocycles. The topological polar surface area (TPSA) is 55.2 Å². The van der Waals surface area contributed by atoms with Gasteiger partial charge in [-0.3, -0.25) is 14.2 Å². The zero-order chi connectivity index (χ0) is 23.3. The van der Waals surface area contributed by atoms with E-state index < -0.39 is 0 Å². The van der Waals surface area contributed by atoms with Crippen molar-refractivity contribution in [2.24, 2.45) is 11.8 Å². The van der Waals surface area contributed by atoms with E-state index in [4.69, 9.17) is 4.98 Å². The number of aryl methyl sites for hydroxylation is 1. The highest BCUT2D eigenvalue weighted by molar-refractivity contribution is 7.99. The third kappa shape index (κ3) is 6.22. The standard InChI is InChI=1S/C26H33N3O2S/c1-18(2)14-28(15-19(3)4)24(30)17-32-26-27-23-9-7-6-8-22(23)25(31)29(26)16-21-12-10-20(5)11-13-21/h6-13,18-19H,14-17H2,1-5H3. The number of aromatic nitrogens is 2. The summed E-state index contributed by atoms with van der Waals surface area (Å²) in [5.41, 5.74) is 2.79. The van der Waals surface area contributed by atoms with Crippen LogP contribution < -0.4 is 5.56 Å². The molecule has 6 heteroatoms. The molecule has 0 atom stereocenters. The lowest BCUT2D eigenvalue weighted by Gasteiger charge is -2.26. The van der Waals surface area contributed by atoms with Gasteiger partial charge >= 0.3 is 0 Å². The monoisotopic (exact) mass is 451 g/mol. The van der Waals surface area contributed by atoms with Crippen molar-refractivity contribution >= 4 is 28.6 Å². The Bertz CT molecular complexity index is 1110. The van der Waals surface area contributed by atoms with Crippen LogP contribution in [0.15, 0.2) is 58.5 Å². The minimum absolute atomic E-state index is 0.0765. The Labute approximate surface area is 194 Å². The molecule has 3 aromatic rings. The molecule has 1 heterocycles. The van der Waals surface area contributed by atoms with Crippen LogP contribution >= 0.6 is 11.8 Å². The fourth-order valence-electron chi connectivity index (χ4n) is 3.65. The molecule has 32 heavy (non-hydrogen) atoms. The molecule has 3 rings (SSSR count). The van der Waals surface area contributed by atoms with E-state index in [1.807, 2.05) is 60.4 Å². The maximum atomic E-state index is 13.3. The quantitative estimate of drug-likeness (QED) is 0.340. The molecule has 0 aliphatic carbocycles. The van der Waals surface area contributed by atoms with Crippen LogP contribution in [0.5, 0.6) is 0 Å². The van der Waals surface area contributed by atoms with E-state index in [0.717, 1.165) is 18.7 Å². The Kier molecular flexibility index (Phi) is 8.13. The van der Waals surface area contributed by atoms with Crippen LogP contribution in [-0.4, -0.2) is 39.2 Å². The number of carbonyl (C=O) groups excluding carboxylic acids is 1. The van der Waals surface area contributed by atoms with Crippen LogP contribution in [0.25, 0.3) is 10.9 Å². The number of amides is 1. The summed E-state index contributed by atoms with van der Waals surface area (Å²) in [6.45, 7) is 12.4. The molecule has 0 radical (unpaired) electrons. The van der Waals surface area contributed by atoms with Crippen molar-refractivity contribution in [2.45, 2.75) is 46.3 Å². The van der Waals surface area contributed by atoms with E-state index in [2.05, 4.69) is 27.7 Å². The summed E-state index contributed by atoms with van der Waals surface area (Å²) in [5, 5.41) is 1.17. The van der Waals surface area contributed by atoms with E-state index in [1.54, 1.807) is 4.57 Å². The number of thioether (sulfide) groups is 1. The van der Waals surface area contributed by atoms with Crippen molar-refractivity contribution in [1.29, 1.82) is 0 Å². The maximum absolute atomic E-state index is 13.3. The summed E-state index contributed by atoms with van der Waals surface area (Å²) in [6.07, 6.45) is 0. The molecular formula is C26H33N3O2S. The van der Waals surface area contributed by atoms with Crippen LogP contribution in [0.2, 0.25) is 0 Å². The van der Waals surface area contributed by atoms with Crippen molar-refractivity contribution in [3.8, 4) is 0 Å². The molecule has 2 aromatic carbocycles. The van der Waals surface area contributed by atoms with E-state index in [-0.39, 0.29) is 17.2 Å². The highest BCUT2D eigenvalue weighted by atomic mass is 32.2. The van der Waals surface area contributed by atoms with Gasteiger partial charge in [0, 0.05) is 13.1 Å². The van der Waals surface area contributed by atoms with E-state index in [1.165, 1.54) is 17.3 Å². The largest absolute Gasteiger partial charge is 0.341 e. The van der Waals surface area contributed by atoms with Gasteiger partial charge in [0.15, 0.2) is 5.16 Å². The fourth-order valence-corrected chi connectivity index (χ4v) is 4.55. The Morgan fingerprint density at radius 2 is 1.62 bits per heavy atom. The van der Waals surface area contributed by atoms with Gasteiger partial charge in [-0.1, -0.05) is 81.4 Å². The van der Waals surface area contributed by atoms with Crippen LogP contribution in [0.3, 0.4) is 0 Å². The first-order chi connectivity index (χ1) is 15.2. The summed E-state index contributed by atoms with van der Waals surface area (Å²) in [7, 11) is 0. The first-order valence-corrected chi connectivity index (χ1v) is 12.2. The number of hydrogen-bond acceptors (Lipinski definition) is 4. The Balaban J connectivity index is 1.91. The Morgan fingerprint density at radius 3 is 2.25 bits per heavy atom. The summed E-state index contributed by atoms with van der Waals surface area (Å²) in [6, 6.07) is 15.5. The number of para-hydroxylation sites is 1. The second-order valence-electron chi connectivity index (χ2n) is 9.16. The molecule has 0 spiro atoms. The van der Waals surface area contributed by atoms with Gasteiger partial charge in [0.2, 0.25) is 5.91 Å². The first-order valence-electron chi connectivity index (χ1n) is 11.2. The van der Waals surface area contributed by atoms with Crippen LogP contribution in [0.1, 0.15) is 38.8 Å². The summed E-state index contributed by atoms with van der Waals surface area (Å²) in [4.78, 5) is 33.0. The van der Waals surface area contributed by atoms with Crippen LogP contribution in [-0.2, 0) is 11.3 Å².